The number of aliphatic hydroxyl groups excluding tert-OH is 5. The molecule has 6 unspecified atom stereocenters. The van der Waals surface area contributed by atoms with Gasteiger partial charge in [0.2, 0.25) is 0 Å². The highest BCUT2D eigenvalue weighted by Crippen LogP contribution is 2.47. The minimum Gasteiger partial charge on any atom is -0.462 e. The zero-order valence-electron chi connectivity index (χ0n) is 37.6. The number of rotatable bonds is 37. The summed E-state index contributed by atoms with van der Waals surface area (Å²) in [6.45, 7) is 3.12. The number of ether oxygens (including phenoxy) is 2. The van der Waals surface area contributed by atoms with E-state index in [1.807, 2.05) is 12.2 Å². The van der Waals surface area contributed by atoms with E-state index < -0.39 is 75.7 Å². The Morgan fingerprint density at radius 2 is 0.935 bits per heavy atom. The predicted molar refractivity (Wildman–Crippen MR) is 244 cm³/mol. The molecule has 62 heavy (non-hydrogen) atoms. The summed E-state index contributed by atoms with van der Waals surface area (Å²) in [7, 11) is -5.14. The van der Waals surface area contributed by atoms with E-state index in [1.54, 1.807) is 0 Å². The van der Waals surface area contributed by atoms with Crippen molar-refractivity contribution in [1.29, 1.82) is 0 Å². The highest BCUT2D eigenvalue weighted by Gasteiger charge is 2.51. The van der Waals surface area contributed by atoms with Crippen molar-refractivity contribution >= 4 is 19.8 Å². The summed E-state index contributed by atoms with van der Waals surface area (Å²) >= 11 is 0. The van der Waals surface area contributed by atoms with E-state index in [2.05, 4.69) is 74.6 Å². The fourth-order valence-electron chi connectivity index (χ4n) is 6.55. The number of esters is 2. The first-order chi connectivity index (χ1) is 29.9. The molecule has 0 radical (unpaired) electrons. The van der Waals surface area contributed by atoms with Crippen LogP contribution in [0.3, 0.4) is 0 Å². The lowest BCUT2D eigenvalue weighted by Crippen LogP contribution is -2.64. The first-order valence-electron chi connectivity index (χ1n) is 23.2. The van der Waals surface area contributed by atoms with Gasteiger partial charge in [-0.1, -0.05) is 145 Å². The summed E-state index contributed by atoms with van der Waals surface area (Å²) in [5, 5.41) is 50.1. The Morgan fingerprint density at radius 3 is 1.47 bits per heavy atom. The highest BCUT2D eigenvalue weighted by atomic mass is 31.2. The molecule has 1 aliphatic rings. The number of phosphoric acid groups is 1. The van der Waals surface area contributed by atoms with Crippen LogP contribution in [0.15, 0.2) is 72.9 Å². The SMILES string of the molecule is CC/C=C\C/C=C\C/C=C\C/C=C\C/C=C\CCCC(=O)O[C@H](COC(=O)CCCCCCC/C=C\CCCCCCCCC)COP(=O)(O)OC1C(O)C(O)C(O)[C@@H](O)C1O. The average Bonchev–Trinajstić information content (AvgIpc) is 3.25. The third-order valence-corrected chi connectivity index (χ3v) is 11.3. The molecule has 0 aromatic rings. The van der Waals surface area contributed by atoms with Gasteiger partial charge in [-0.2, -0.15) is 0 Å². The van der Waals surface area contributed by atoms with Crippen molar-refractivity contribution in [2.45, 2.75) is 204 Å². The zero-order valence-corrected chi connectivity index (χ0v) is 38.5. The quantitative estimate of drug-likeness (QED) is 0.0149. The number of unbranched alkanes of at least 4 members (excludes halogenated alkanes) is 13. The Kier molecular flexibility index (Phi) is 34.8. The van der Waals surface area contributed by atoms with Crippen molar-refractivity contribution in [3.05, 3.63) is 72.9 Å². The standard InChI is InChI=1S/C48H81O13P/c1-3-5-7-9-11-13-15-17-19-21-23-25-27-29-31-33-35-37-42(50)60-40(39-59-62(56,57)61-48-46(54)44(52)43(51)45(53)47(48)55)38-58-41(49)36-34-32-30-28-26-24-22-20-18-16-14-12-10-8-6-4-2/h5,7,11,13,17,19-20,22-23,25,29,31,40,43-48,51-55H,3-4,6,8-10,12,14-16,18,21,24,26-28,30,32-39H2,1-2H3,(H,56,57)/b7-5-,13-11-,19-17-,22-20-,25-23-,31-29-/t40-,43?,44-,45?,46?,47?,48?/m1/s1. The van der Waals surface area contributed by atoms with Crippen LogP contribution in [-0.2, 0) is 32.7 Å². The van der Waals surface area contributed by atoms with E-state index in [0.717, 1.165) is 70.6 Å². The summed E-state index contributed by atoms with van der Waals surface area (Å²) in [5.74, 6) is -1.18. The monoisotopic (exact) mass is 897 g/mol. The fraction of sp³-hybridized carbons (Fsp3) is 0.708. The Labute approximate surface area is 372 Å². The van der Waals surface area contributed by atoms with Crippen LogP contribution in [0.5, 0.6) is 0 Å². The van der Waals surface area contributed by atoms with E-state index >= 15 is 0 Å². The Morgan fingerprint density at radius 1 is 0.516 bits per heavy atom. The molecule has 0 saturated heterocycles. The number of carbonyl (C=O) groups excluding carboxylic acids is 2. The van der Waals surface area contributed by atoms with Crippen LogP contribution in [0, 0.1) is 0 Å². The van der Waals surface area contributed by atoms with Gasteiger partial charge in [0.05, 0.1) is 6.61 Å². The minimum atomic E-state index is -5.14. The summed E-state index contributed by atoms with van der Waals surface area (Å²) in [6.07, 6.45) is 33.9. The van der Waals surface area contributed by atoms with Crippen molar-refractivity contribution in [1.82, 2.24) is 0 Å². The molecule has 0 spiro atoms. The van der Waals surface area contributed by atoms with Crippen molar-refractivity contribution < 1.29 is 63.1 Å². The Balaban J connectivity index is 2.51. The molecule has 13 nitrogen and oxygen atoms in total. The van der Waals surface area contributed by atoms with Gasteiger partial charge in [-0.15, -0.1) is 0 Å². The Hall–Kier alpha value is -2.71. The summed E-state index contributed by atoms with van der Waals surface area (Å²) < 4.78 is 33.5. The molecule has 356 valence electrons. The van der Waals surface area contributed by atoms with Crippen LogP contribution in [-0.4, -0.2) is 98.3 Å². The number of carbonyl (C=O) groups is 2. The first-order valence-corrected chi connectivity index (χ1v) is 24.7. The van der Waals surface area contributed by atoms with Gasteiger partial charge in [-0.05, 0) is 77.0 Å². The topological polar surface area (TPSA) is 210 Å². The molecule has 0 amide bonds. The molecule has 14 heteroatoms. The molecule has 0 aromatic carbocycles. The molecular formula is C48H81O13P. The largest absolute Gasteiger partial charge is 0.472 e. The molecule has 0 aliphatic heterocycles. The summed E-state index contributed by atoms with van der Waals surface area (Å²) in [4.78, 5) is 35.7. The zero-order chi connectivity index (χ0) is 45.7. The van der Waals surface area contributed by atoms with Gasteiger partial charge < -0.3 is 39.9 Å². The van der Waals surface area contributed by atoms with Gasteiger partial charge in [-0.25, -0.2) is 4.57 Å². The van der Waals surface area contributed by atoms with E-state index in [-0.39, 0.29) is 12.8 Å². The summed E-state index contributed by atoms with van der Waals surface area (Å²) in [6, 6.07) is 0. The maximum atomic E-state index is 12.8. The molecule has 0 aromatic heterocycles. The minimum absolute atomic E-state index is 0.0135. The van der Waals surface area contributed by atoms with Crippen LogP contribution < -0.4 is 0 Å². The van der Waals surface area contributed by atoms with Crippen LogP contribution in [0.2, 0.25) is 0 Å². The van der Waals surface area contributed by atoms with Gasteiger partial charge in [0, 0.05) is 12.8 Å². The molecule has 1 rings (SSSR count). The highest BCUT2D eigenvalue weighted by molar-refractivity contribution is 7.47. The second-order valence-electron chi connectivity index (χ2n) is 15.9. The number of hydrogen-bond donors (Lipinski definition) is 6. The number of aliphatic hydroxyl groups is 5. The predicted octanol–water partition coefficient (Wildman–Crippen LogP) is 9.11. The molecule has 0 heterocycles. The van der Waals surface area contributed by atoms with E-state index in [9.17, 15) is 44.6 Å². The Bertz CT molecular complexity index is 1360. The van der Waals surface area contributed by atoms with E-state index in [1.165, 1.54) is 44.9 Å². The lowest BCUT2D eigenvalue weighted by molar-refractivity contribution is -0.220. The van der Waals surface area contributed by atoms with Crippen LogP contribution in [0.25, 0.3) is 0 Å². The lowest BCUT2D eigenvalue weighted by atomic mass is 9.85. The second-order valence-corrected chi connectivity index (χ2v) is 17.3. The van der Waals surface area contributed by atoms with Gasteiger partial charge in [-0.3, -0.25) is 18.6 Å². The number of allylic oxidation sites excluding steroid dienone is 12. The molecular weight excluding hydrogens is 815 g/mol. The van der Waals surface area contributed by atoms with Crippen molar-refractivity contribution in [3.8, 4) is 0 Å². The normalized spacial score (nSPS) is 22.5. The smallest absolute Gasteiger partial charge is 0.462 e. The van der Waals surface area contributed by atoms with Gasteiger partial charge in [0.25, 0.3) is 0 Å². The van der Waals surface area contributed by atoms with Gasteiger partial charge >= 0.3 is 19.8 Å². The first kappa shape index (κ1) is 57.3. The average molecular weight is 897 g/mol. The third-order valence-electron chi connectivity index (χ3n) is 10.3. The fourth-order valence-corrected chi connectivity index (χ4v) is 7.52. The van der Waals surface area contributed by atoms with E-state index in [4.69, 9.17) is 18.5 Å². The van der Waals surface area contributed by atoms with Crippen LogP contribution in [0.1, 0.15) is 162 Å². The van der Waals surface area contributed by atoms with Crippen molar-refractivity contribution in [2.75, 3.05) is 13.2 Å². The second kappa shape index (κ2) is 37.6. The lowest BCUT2D eigenvalue weighted by Gasteiger charge is -2.41. The van der Waals surface area contributed by atoms with Gasteiger partial charge in [0.15, 0.2) is 6.10 Å². The molecule has 1 aliphatic carbocycles. The number of phosphoric ester groups is 1. The molecule has 1 fully saturated rings. The third kappa shape index (κ3) is 29.6. The molecule has 6 N–H and O–H groups in total. The summed E-state index contributed by atoms with van der Waals surface area (Å²) in [5.41, 5.74) is 0. The van der Waals surface area contributed by atoms with Crippen LogP contribution in [0.4, 0.5) is 0 Å². The van der Waals surface area contributed by atoms with Crippen LogP contribution >= 0.6 is 7.82 Å². The molecule has 8 atom stereocenters. The maximum absolute atomic E-state index is 12.8. The molecule has 1 saturated carbocycles. The molecule has 0 bridgehead atoms. The number of hydrogen-bond acceptors (Lipinski definition) is 12. The van der Waals surface area contributed by atoms with E-state index in [0.29, 0.717) is 19.3 Å². The van der Waals surface area contributed by atoms with Gasteiger partial charge in [0.1, 0.15) is 43.2 Å². The van der Waals surface area contributed by atoms with Crippen molar-refractivity contribution in [2.24, 2.45) is 0 Å². The maximum Gasteiger partial charge on any atom is 0.472 e. The van der Waals surface area contributed by atoms with Crippen molar-refractivity contribution in [3.63, 3.8) is 0 Å².